The zero-order valence-electron chi connectivity index (χ0n) is 12.2. The van der Waals surface area contributed by atoms with Crippen LogP contribution >= 0.6 is 11.3 Å². The lowest BCUT2D eigenvalue weighted by molar-refractivity contribution is 0.313. The first kappa shape index (κ1) is 14.9. The summed E-state index contributed by atoms with van der Waals surface area (Å²) >= 11 is 1.81. The smallest absolute Gasteiger partial charge is 0.0946 e. The first-order valence-electron chi connectivity index (χ1n) is 7.58. The van der Waals surface area contributed by atoms with Crippen molar-refractivity contribution in [1.29, 1.82) is 0 Å². The van der Waals surface area contributed by atoms with E-state index in [0.29, 0.717) is 6.04 Å². The summed E-state index contributed by atoms with van der Waals surface area (Å²) in [4.78, 5) is 5.95. The summed E-state index contributed by atoms with van der Waals surface area (Å²) in [5, 5.41) is 1.22. The highest BCUT2D eigenvalue weighted by Gasteiger charge is 2.17. The van der Waals surface area contributed by atoms with E-state index in [1.165, 1.54) is 60.5 Å². The maximum Gasteiger partial charge on any atom is 0.0946 e. The minimum atomic E-state index is 0.381. The van der Waals surface area contributed by atoms with Crippen molar-refractivity contribution in [1.82, 2.24) is 10.4 Å². The van der Waals surface area contributed by atoms with Crippen LogP contribution in [0.4, 0.5) is 0 Å². The topological polar surface area (TPSA) is 50.9 Å². The molecule has 1 aliphatic carbocycles. The highest BCUT2D eigenvalue weighted by atomic mass is 32.1. The van der Waals surface area contributed by atoms with Gasteiger partial charge in [-0.1, -0.05) is 32.1 Å². The van der Waals surface area contributed by atoms with E-state index in [0.717, 1.165) is 12.3 Å². The van der Waals surface area contributed by atoms with Gasteiger partial charge in [0.15, 0.2) is 0 Å². The lowest BCUT2D eigenvalue weighted by Gasteiger charge is -2.23. The minimum absolute atomic E-state index is 0.381. The number of hydrogen-bond acceptors (Lipinski definition) is 4. The predicted molar refractivity (Wildman–Crippen MR) is 82.2 cm³/mol. The number of aryl methyl sites for hydroxylation is 2. The minimum Gasteiger partial charge on any atom is -0.271 e. The number of hydrogen-bond donors (Lipinski definition) is 2. The fourth-order valence-electron chi connectivity index (χ4n) is 2.99. The van der Waals surface area contributed by atoms with E-state index in [-0.39, 0.29) is 0 Å². The molecular weight excluding hydrogens is 254 g/mol. The van der Waals surface area contributed by atoms with Crippen molar-refractivity contribution in [3.8, 4) is 0 Å². The molecule has 4 heteroatoms. The van der Waals surface area contributed by atoms with Crippen molar-refractivity contribution >= 4 is 11.3 Å². The quantitative estimate of drug-likeness (QED) is 0.620. The lowest BCUT2D eigenvalue weighted by Crippen LogP contribution is -2.37. The van der Waals surface area contributed by atoms with Crippen LogP contribution in [0.1, 0.15) is 60.5 Å². The molecular formula is C15H27N3S. The molecule has 0 amide bonds. The number of aromatic nitrogens is 1. The van der Waals surface area contributed by atoms with Gasteiger partial charge in [0.05, 0.1) is 10.7 Å². The molecule has 1 heterocycles. The summed E-state index contributed by atoms with van der Waals surface area (Å²) < 4.78 is 0. The maximum absolute atomic E-state index is 5.71. The largest absolute Gasteiger partial charge is 0.271 e. The molecule has 1 aliphatic rings. The second-order valence-corrected chi connectivity index (χ2v) is 7.19. The Bertz CT molecular complexity index is 363. The van der Waals surface area contributed by atoms with Gasteiger partial charge in [0.1, 0.15) is 0 Å². The van der Waals surface area contributed by atoms with Crippen LogP contribution in [0.5, 0.6) is 0 Å². The predicted octanol–water partition coefficient (Wildman–Crippen LogP) is 3.49. The molecule has 1 aromatic rings. The third-order valence-corrected chi connectivity index (χ3v) is 5.47. The molecule has 3 nitrogen and oxygen atoms in total. The zero-order chi connectivity index (χ0) is 13.7. The van der Waals surface area contributed by atoms with Gasteiger partial charge in [-0.15, -0.1) is 11.3 Å². The van der Waals surface area contributed by atoms with E-state index in [1.54, 1.807) is 0 Å². The van der Waals surface area contributed by atoms with Gasteiger partial charge in [0.2, 0.25) is 0 Å². The van der Waals surface area contributed by atoms with Crippen molar-refractivity contribution in [2.45, 2.75) is 71.3 Å². The van der Waals surface area contributed by atoms with Gasteiger partial charge in [-0.25, -0.2) is 4.98 Å². The number of rotatable bonds is 6. The molecule has 0 aromatic carbocycles. The third-order valence-electron chi connectivity index (χ3n) is 4.38. The molecule has 1 unspecified atom stereocenters. The number of nitrogens with zero attached hydrogens (tertiary/aromatic N) is 1. The summed E-state index contributed by atoms with van der Waals surface area (Å²) in [6.45, 7) is 4.23. The molecule has 1 fully saturated rings. The first-order chi connectivity index (χ1) is 9.19. The van der Waals surface area contributed by atoms with Crippen LogP contribution in [-0.2, 0) is 6.42 Å². The van der Waals surface area contributed by atoms with E-state index in [1.807, 2.05) is 11.3 Å². The van der Waals surface area contributed by atoms with Crippen LogP contribution in [-0.4, -0.2) is 11.0 Å². The summed E-state index contributed by atoms with van der Waals surface area (Å²) in [7, 11) is 0. The fraction of sp³-hybridized carbons (Fsp3) is 0.800. The van der Waals surface area contributed by atoms with Gasteiger partial charge >= 0.3 is 0 Å². The normalized spacial score (nSPS) is 18.7. The van der Waals surface area contributed by atoms with Gasteiger partial charge in [-0.2, -0.15) is 0 Å². The van der Waals surface area contributed by atoms with Crippen LogP contribution in [0.25, 0.3) is 0 Å². The maximum atomic E-state index is 5.71. The van der Waals surface area contributed by atoms with Crippen molar-refractivity contribution < 1.29 is 0 Å². The van der Waals surface area contributed by atoms with E-state index in [9.17, 15) is 0 Å². The van der Waals surface area contributed by atoms with Gasteiger partial charge in [-0.05, 0) is 32.6 Å². The molecule has 19 heavy (non-hydrogen) atoms. The molecule has 1 saturated carbocycles. The van der Waals surface area contributed by atoms with Gasteiger partial charge in [0, 0.05) is 17.3 Å². The van der Waals surface area contributed by atoms with E-state index in [4.69, 9.17) is 5.84 Å². The van der Waals surface area contributed by atoms with Gasteiger partial charge < -0.3 is 0 Å². The Morgan fingerprint density at radius 2 is 2.05 bits per heavy atom. The van der Waals surface area contributed by atoms with Crippen molar-refractivity contribution in [3.05, 3.63) is 15.6 Å². The van der Waals surface area contributed by atoms with Crippen LogP contribution in [0.3, 0.4) is 0 Å². The number of hydrazine groups is 1. The van der Waals surface area contributed by atoms with Crippen molar-refractivity contribution in [3.63, 3.8) is 0 Å². The molecule has 1 aromatic heterocycles. The Morgan fingerprint density at radius 1 is 1.32 bits per heavy atom. The SMILES string of the molecule is Cc1nc(CC(CCC2CCCCC2)NN)sc1C. The monoisotopic (exact) mass is 281 g/mol. The van der Waals surface area contributed by atoms with Crippen LogP contribution in [0.2, 0.25) is 0 Å². The van der Waals surface area contributed by atoms with E-state index >= 15 is 0 Å². The number of thiazole rings is 1. The Labute approximate surface area is 121 Å². The molecule has 3 N–H and O–H groups in total. The Hall–Kier alpha value is -0.450. The second kappa shape index (κ2) is 7.36. The molecule has 0 bridgehead atoms. The summed E-state index contributed by atoms with van der Waals surface area (Å²) in [6, 6.07) is 0.381. The molecule has 0 saturated heterocycles. The molecule has 108 valence electrons. The Kier molecular flexibility index (Phi) is 5.79. The molecule has 0 spiro atoms. The molecule has 0 radical (unpaired) electrons. The molecule has 0 aliphatic heterocycles. The highest BCUT2D eigenvalue weighted by molar-refractivity contribution is 7.11. The third kappa shape index (κ3) is 4.55. The lowest BCUT2D eigenvalue weighted by atomic mass is 9.85. The average molecular weight is 281 g/mol. The van der Waals surface area contributed by atoms with Gasteiger partial charge in [-0.3, -0.25) is 11.3 Å². The van der Waals surface area contributed by atoms with E-state index in [2.05, 4.69) is 24.3 Å². The first-order valence-corrected chi connectivity index (χ1v) is 8.39. The summed E-state index contributed by atoms with van der Waals surface area (Å²) in [5.41, 5.74) is 4.15. The molecule has 2 rings (SSSR count). The second-order valence-electron chi connectivity index (χ2n) is 5.90. The number of nitrogens with one attached hydrogen (secondary N) is 1. The molecule has 1 atom stereocenters. The van der Waals surface area contributed by atoms with Crippen LogP contribution in [0, 0.1) is 19.8 Å². The van der Waals surface area contributed by atoms with Gasteiger partial charge in [0.25, 0.3) is 0 Å². The zero-order valence-corrected chi connectivity index (χ0v) is 13.1. The van der Waals surface area contributed by atoms with Crippen LogP contribution < -0.4 is 11.3 Å². The number of nitrogens with two attached hydrogens (primary N) is 1. The summed E-state index contributed by atoms with van der Waals surface area (Å²) in [6.07, 6.45) is 10.6. The van der Waals surface area contributed by atoms with Crippen LogP contribution in [0.15, 0.2) is 0 Å². The fourth-order valence-corrected chi connectivity index (χ4v) is 4.01. The van der Waals surface area contributed by atoms with Crippen molar-refractivity contribution in [2.75, 3.05) is 0 Å². The average Bonchev–Trinajstić information content (AvgIpc) is 2.74. The standard InChI is InChI=1S/C15H27N3S/c1-11-12(2)19-15(17-11)10-14(18-16)9-8-13-6-4-3-5-7-13/h13-14,18H,3-10,16H2,1-2H3. The van der Waals surface area contributed by atoms with Crippen molar-refractivity contribution in [2.24, 2.45) is 11.8 Å². The Morgan fingerprint density at radius 3 is 2.63 bits per heavy atom. The Balaban J connectivity index is 1.79. The van der Waals surface area contributed by atoms with E-state index < -0.39 is 0 Å². The summed E-state index contributed by atoms with van der Waals surface area (Å²) in [5.74, 6) is 6.64. The highest BCUT2D eigenvalue weighted by Crippen LogP contribution is 2.28.